The van der Waals surface area contributed by atoms with Gasteiger partial charge < -0.3 is 0 Å². The molecule has 1 aromatic rings. The molecule has 0 aliphatic carbocycles. The highest BCUT2D eigenvalue weighted by molar-refractivity contribution is 7.92. The van der Waals surface area contributed by atoms with Gasteiger partial charge in [-0.25, -0.2) is 8.42 Å². The zero-order valence-electron chi connectivity index (χ0n) is 12.8. The summed E-state index contributed by atoms with van der Waals surface area (Å²) in [6.07, 6.45) is 2.68. The first kappa shape index (κ1) is 17.0. The Balaban J connectivity index is 2.34. The van der Waals surface area contributed by atoms with Gasteiger partial charge in [-0.05, 0) is 44.4 Å². The van der Waals surface area contributed by atoms with Crippen LogP contribution in [-0.4, -0.2) is 35.7 Å². The fourth-order valence-electron chi connectivity index (χ4n) is 2.44. The summed E-state index contributed by atoms with van der Waals surface area (Å²) in [4.78, 5) is 0. The quantitative estimate of drug-likeness (QED) is 0.832. The molecule has 1 aromatic carbocycles. The van der Waals surface area contributed by atoms with Gasteiger partial charge in [-0.15, -0.1) is 0 Å². The summed E-state index contributed by atoms with van der Waals surface area (Å²) in [7, 11) is -7.06. The summed E-state index contributed by atoms with van der Waals surface area (Å²) < 4.78 is 53.7. The van der Waals surface area contributed by atoms with Gasteiger partial charge in [0.1, 0.15) is 0 Å². The third-order valence-electron chi connectivity index (χ3n) is 3.20. The van der Waals surface area contributed by atoms with E-state index in [9.17, 15) is 16.8 Å². The molecule has 0 radical (unpaired) electrons. The normalized spacial score (nSPS) is 15.7. The molecule has 9 heteroatoms. The lowest BCUT2D eigenvalue weighted by molar-refractivity contribution is 0.575. The van der Waals surface area contributed by atoms with E-state index in [1.165, 1.54) is 4.31 Å². The molecule has 0 spiro atoms. The van der Waals surface area contributed by atoms with E-state index in [1.54, 1.807) is 32.0 Å². The van der Waals surface area contributed by atoms with E-state index in [4.69, 9.17) is 0 Å². The Morgan fingerprint density at radius 1 is 1.18 bits per heavy atom. The van der Waals surface area contributed by atoms with Crippen molar-refractivity contribution in [1.29, 1.82) is 0 Å². The molecule has 1 aliphatic rings. The lowest BCUT2D eigenvalue weighted by Gasteiger charge is -2.29. The highest BCUT2D eigenvalue weighted by atomic mass is 32.2. The van der Waals surface area contributed by atoms with Gasteiger partial charge in [0.05, 0.1) is 17.6 Å². The van der Waals surface area contributed by atoms with Gasteiger partial charge in [0.25, 0.3) is 10.2 Å². The van der Waals surface area contributed by atoms with Crippen LogP contribution in [0.2, 0.25) is 0 Å². The Morgan fingerprint density at radius 2 is 1.86 bits per heavy atom. The number of rotatable bonds is 5. The van der Waals surface area contributed by atoms with Crippen LogP contribution in [0.5, 0.6) is 0 Å². The van der Waals surface area contributed by atoms with Gasteiger partial charge in [0.15, 0.2) is 0 Å². The Morgan fingerprint density at radius 3 is 2.45 bits per heavy atom. The van der Waals surface area contributed by atoms with Gasteiger partial charge in [0.2, 0.25) is 10.0 Å². The number of hydrogen-bond donors (Lipinski definition) is 2. The van der Waals surface area contributed by atoms with Crippen molar-refractivity contribution in [2.45, 2.75) is 32.7 Å². The number of anilines is 2. The molecule has 0 fully saturated rings. The maximum absolute atomic E-state index is 11.9. The second-order valence-corrected chi connectivity index (χ2v) is 9.01. The van der Waals surface area contributed by atoms with Crippen LogP contribution in [-0.2, 0) is 26.7 Å². The molecule has 1 aliphatic heterocycles. The summed E-state index contributed by atoms with van der Waals surface area (Å²) in [5.41, 5.74) is 1.78. The molecule has 0 saturated carbocycles. The second-order valence-electron chi connectivity index (χ2n) is 5.66. The molecule has 1 heterocycles. The maximum atomic E-state index is 11.9. The number of nitrogens with zero attached hydrogens (tertiary/aromatic N) is 1. The number of fused-ring (bicyclic) bond motifs is 1. The SMILES string of the molecule is CC(C)NS(=O)(=O)Nc1ccc2c(c1)N(S(C)(=O)=O)CCC2. The predicted octanol–water partition coefficient (Wildman–Crippen LogP) is 1.05. The van der Waals surface area contributed by atoms with Crippen molar-refractivity contribution in [3.05, 3.63) is 23.8 Å². The molecule has 0 atom stereocenters. The van der Waals surface area contributed by atoms with Crippen molar-refractivity contribution in [2.75, 3.05) is 21.8 Å². The number of benzene rings is 1. The first-order chi connectivity index (χ1) is 10.1. The molecule has 0 unspecified atom stereocenters. The molecule has 124 valence electrons. The van der Waals surface area contributed by atoms with E-state index in [0.717, 1.165) is 24.7 Å². The van der Waals surface area contributed by atoms with E-state index < -0.39 is 20.2 Å². The minimum absolute atomic E-state index is 0.234. The van der Waals surface area contributed by atoms with Gasteiger partial charge in [-0.1, -0.05) is 6.07 Å². The lowest BCUT2D eigenvalue weighted by atomic mass is 10.0. The van der Waals surface area contributed by atoms with E-state index in [1.807, 2.05) is 0 Å². The van der Waals surface area contributed by atoms with Crippen LogP contribution >= 0.6 is 0 Å². The smallest absolute Gasteiger partial charge is 0.271 e. The van der Waals surface area contributed by atoms with Crippen LogP contribution in [0.3, 0.4) is 0 Å². The third kappa shape index (κ3) is 4.11. The zero-order chi connectivity index (χ0) is 16.5. The Labute approximate surface area is 131 Å². The van der Waals surface area contributed by atoms with Gasteiger partial charge in [-0.2, -0.15) is 13.1 Å². The third-order valence-corrected chi connectivity index (χ3v) is 5.67. The Hall–Kier alpha value is -1.32. The average molecular weight is 347 g/mol. The standard InChI is InChI=1S/C13H21N3O4S2/c1-10(2)14-22(19,20)15-12-7-6-11-5-4-8-16(13(11)9-12)21(3,17)18/h6-7,9-10,14-15H,4-5,8H2,1-3H3. The first-order valence-corrected chi connectivity index (χ1v) is 10.3. The minimum Gasteiger partial charge on any atom is -0.271 e. The van der Waals surface area contributed by atoms with Crippen LogP contribution < -0.4 is 13.7 Å². The molecule has 2 rings (SSSR count). The molecule has 22 heavy (non-hydrogen) atoms. The summed E-state index contributed by atoms with van der Waals surface area (Å²) in [5.74, 6) is 0. The largest absolute Gasteiger partial charge is 0.299 e. The predicted molar refractivity (Wildman–Crippen MR) is 87.8 cm³/mol. The summed E-state index contributed by atoms with van der Waals surface area (Å²) >= 11 is 0. The van der Waals surface area contributed by atoms with Crippen molar-refractivity contribution >= 4 is 31.6 Å². The highest BCUT2D eigenvalue weighted by Crippen LogP contribution is 2.31. The van der Waals surface area contributed by atoms with Crippen molar-refractivity contribution in [3.8, 4) is 0 Å². The van der Waals surface area contributed by atoms with E-state index in [0.29, 0.717) is 17.9 Å². The Kier molecular flexibility index (Phi) is 4.69. The van der Waals surface area contributed by atoms with Crippen LogP contribution in [0.25, 0.3) is 0 Å². The van der Waals surface area contributed by atoms with Crippen LogP contribution in [0.15, 0.2) is 18.2 Å². The summed E-state index contributed by atoms with van der Waals surface area (Å²) in [6, 6.07) is 4.74. The zero-order valence-corrected chi connectivity index (χ0v) is 14.5. The maximum Gasteiger partial charge on any atom is 0.299 e. The highest BCUT2D eigenvalue weighted by Gasteiger charge is 2.24. The number of aryl methyl sites for hydroxylation is 1. The number of hydrogen-bond acceptors (Lipinski definition) is 4. The van der Waals surface area contributed by atoms with Crippen LogP contribution in [0, 0.1) is 0 Å². The van der Waals surface area contributed by atoms with Gasteiger partial charge in [-0.3, -0.25) is 9.03 Å². The first-order valence-electron chi connectivity index (χ1n) is 6.99. The van der Waals surface area contributed by atoms with E-state index in [2.05, 4.69) is 9.44 Å². The molecule has 0 bridgehead atoms. The van der Waals surface area contributed by atoms with E-state index >= 15 is 0 Å². The van der Waals surface area contributed by atoms with Crippen molar-refractivity contribution < 1.29 is 16.8 Å². The molecule has 0 amide bonds. The fraction of sp³-hybridized carbons (Fsp3) is 0.538. The number of sulfonamides is 1. The van der Waals surface area contributed by atoms with Crippen LogP contribution in [0.1, 0.15) is 25.8 Å². The van der Waals surface area contributed by atoms with Crippen molar-refractivity contribution in [1.82, 2.24) is 4.72 Å². The molecule has 2 N–H and O–H groups in total. The topological polar surface area (TPSA) is 95.6 Å². The van der Waals surface area contributed by atoms with Crippen molar-refractivity contribution in [2.24, 2.45) is 0 Å². The van der Waals surface area contributed by atoms with Crippen molar-refractivity contribution in [3.63, 3.8) is 0 Å². The molecular weight excluding hydrogens is 326 g/mol. The second kappa shape index (κ2) is 6.05. The van der Waals surface area contributed by atoms with Crippen LogP contribution in [0.4, 0.5) is 11.4 Å². The monoisotopic (exact) mass is 347 g/mol. The number of nitrogens with one attached hydrogen (secondary N) is 2. The lowest BCUT2D eigenvalue weighted by Crippen LogP contribution is -2.36. The van der Waals surface area contributed by atoms with E-state index in [-0.39, 0.29) is 6.04 Å². The molecule has 0 saturated heterocycles. The molecule has 7 nitrogen and oxygen atoms in total. The van der Waals surface area contributed by atoms with Gasteiger partial charge in [0, 0.05) is 12.6 Å². The summed E-state index contributed by atoms with van der Waals surface area (Å²) in [5, 5.41) is 0. The Bertz CT molecular complexity index is 757. The molecular formula is C13H21N3O4S2. The fourth-order valence-corrected chi connectivity index (χ4v) is 4.55. The minimum atomic E-state index is -3.68. The van der Waals surface area contributed by atoms with Gasteiger partial charge >= 0.3 is 0 Å². The summed E-state index contributed by atoms with van der Waals surface area (Å²) in [6.45, 7) is 3.85. The average Bonchev–Trinajstić information content (AvgIpc) is 2.34. The molecule has 0 aromatic heterocycles.